The van der Waals surface area contributed by atoms with Crippen molar-refractivity contribution >= 4 is 28.8 Å². The van der Waals surface area contributed by atoms with Gasteiger partial charge in [-0.05, 0) is 65.3 Å². The van der Waals surface area contributed by atoms with E-state index in [0.717, 1.165) is 0 Å². The molecule has 0 amide bonds. The Morgan fingerprint density at radius 2 is 0.405 bits per heavy atom. The Labute approximate surface area is 218 Å². The van der Waals surface area contributed by atoms with Gasteiger partial charge in [0.1, 0.15) is 0 Å². The van der Waals surface area contributed by atoms with E-state index in [4.69, 9.17) is 0 Å². The van der Waals surface area contributed by atoms with Gasteiger partial charge in [0, 0.05) is 0 Å². The first-order valence-electron chi connectivity index (χ1n) is 13.0. The standard InChI is InChI=1S/C36H24Si/c1-2-14-26-25(13-1)29-17-5-9-21-33(29)37(34-22-10-6-18-30(26)34)35-23-11-7-19-31(35)27-15-3-4-16-28(27)32-20-8-12-24-36(32)37/h1-24H. The van der Waals surface area contributed by atoms with Crippen molar-refractivity contribution in [3.8, 4) is 44.5 Å². The second-order valence-corrected chi connectivity index (χ2v) is 13.7. The van der Waals surface area contributed by atoms with Crippen LogP contribution in [0.4, 0.5) is 0 Å². The van der Waals surface area contributed by atoms with Crippen LogP contribution < -0.4 is 20.7 Å². The molecular weight excluding hydrogens is 460 g/mol. The van der Waals surface area contributed by atoms with Crippen LogP contribution in [-0.4, -0.2) is 8.07 Å². The van der Waals surface area contributed by atoms with Gasteiger partial charge in [-0.1, -0.05) is 146 Å². The van der Waals surface area contributed by atoms with Gasteiger partial charge in [0.05, 0.1) is 0 Å². The first-order valence-corrected chi connectivity index (χ1v) is 15.0. The SMILES string of the molecule is c1ccc2c(c1)-c1ccccc1[Si]1(c3ccccc3-2)c2ccccc2-c2ccccc2-c2ccccc21. The van der Waals surface area contributed by atoms with Crippen molar-refractivity contribution in [2.45, 2.75) is 0 Å². The Morgan fingerprint density at radius 3 is 0.649 bits per heavy atom. The third kappa shape index (κ3) is 2.67. The normalized spacial score (nSPS) is 13.6. The lowest BCUT2D eigenvalue weighted by Crippen LogP contribution is -2.75. The quantitative estimate of drug-likeness (QED) is 0.220. The largest absolute Gasteiger partial charge is 0.182 e. The maximum absolute atomic E-state index is 2.75. The van der Waals surface area contributed by atoms with Gasteiger partial charge in [0.15, 0.2) is 8.07 Å². The van der Waals surface area contributed by atoms with Crippen molar-refractivity contribution in [1.29, 1.82) is 0 Å². The smallest absolute Gasteiger partial charge is 0.0623 e. The van der Waals surface area contributed by atoms with Crippen LogP contribution in [0.2, 0.25) is 0 Å². The molecule has 37 heavy (non-hydrogen) atoms. The van der Waals surface area contributed by atoms with Gasteiger partial charge < -0.3 is 0 Å². The van der Waals surface area contributed by atoms with E-state index >= 15 is 0 Å². The van der Waals surface area contributed by atoms with Gasteiger partial charge in [-0.2, -0.15) is 0 Å². The lowest BCUT2D eigenvalue weighted by molar-refractivity contribution is 1.62. The molecule has 2 aliphatic rings. The predicted octanol–water partition coefficient (Wildman–Crippen LogP) is 6.36. The Bertz CT molecular complexity index is 1570. The van der Waals surface area contributed by atoms with Gasteiger partial charge in [-0.15, -0.1) is 0 Å². The van der Waals surface area contributed by atoms with E-state index in [1.165, 1.54) is 65.3 Å². The summed E-state index contributed by atoms with van der Waals surface area (Å²) in [6.07, 6.45) is 0. The Hall–Kier alpha value is -4.46. The monoisotopic (exact) mass is 484 g/mol. The van der Waals surface area contributed by atoms with E-state index in [-0.39, 0.29) is 0 Å². The minimum Gasteiger partial charge on any atom is -0.0623 e. The van der Waals surface area contributed by atoms with E-state index in [2.05, 4.69) is 146 Å². The number of benzene rings is 6. The molecule has 0 fully saturated rings. The molecule has 0 N–H and O–H groups in total. The summed E-state index contributed by atoms with van der Waals surface area (Å²) in [5.74, 6) is 0. The zero-order valence-corrected chi connectivity index (χ0v) is 21.4. The van der Waals surface area contributed by atoms with Gasteiger partial charge in [-0.25, -0.2) is 0 Å². The van der Waals surface area contributed by atoms with Crippen molar-refractivity contribution in [1.82, 2.24) is 0 Å². The van der Waals surface area contributed by atoms with Gasteiger partial charge in [-0.3, -0.25) is 0 Å². The third-order valence-corrected chi connectivity index (χ3v) is 13.3. The molecule has 0 aromatic heterocycles. The van der Waals surface area contributed by atoms with Crippen LogP contribution in [0.25, 0.3) is 44.5 Å². The molecule has 1 spiro atoms. The van der Waals surface area contributed by atoms with Crippen LogP contribution in [-0.2, 0) is 0 Å². The maximum Gasteiger partial charge on any atom is 0.182 e. The minimum atomic E-state index is -2.75. The van der Waals surface area contributed by atoms with Crippen LogP contribution >= 0.6 is 0 Å². The highest BCUT2D eigenvalue weighted by Gasteiger charge is 2.49. The first-order chi connectivity index (χ1) is 18.4. The molecule has 8 rings (SSSR count). The summed E-state index contributed by atoms with van der Waals surface area (Å²) in [6, 6.07) is 54.8. The maximum atomic E-state index is 2.42. The Kier molecular flexibility index (Phi) is 4.35. The lowest BCUT2D eigenvalue weighted by Gasteiger charge is -2.37. The first kappa shape index (κ1) is 20.7. The fourth-order valence-corrected chi connectivity index (χ4v) is 12.6. The Morgan fingerprint density at radius 1 is 0.216 bits per heavy atom. The zero-order valence-electron chi connectivity index (χ0n) is 20.4. The average molecular weight is 485 g/mol. The van der Waals surface area contributed by atoms with E-state index in [9.17, 15) is 0 Å². The highest BCUT2D eigenvalue weighted by atomic mass is 28.3. The topological polar surface area (TPSA) is 0 Å². The molecule has 0 unspecified atom stereocenters. The number of hydrogen-bond acceptors (Lipinski definition) is 0. The van der Waals surface area contributed by atoms with E-state index in [1.807, 2.05) is 0 Å². The molecule has 2 aliphatic heterocycles. The molecule has 0 saturated heterocycles. The summed E-state index contributed by atoms with van der Waals surface area (Å²) in [4.78, 5) is 0. The molecule has 0 nitrogen and oxygen atoms in total. The molecule has 0 saturated carbocycles. The second-order valence-electron chi connectivity index (χ2n) is 10.0. The van der Waals surface area contributed by atoms with Crippen LogP contribution in [0.3, 0.4) is 0 Å². The van der Waals surface area contributed by atoms with Crippen molar-refractivity contribution in [3.63, 3.8) is 0 Å². The average Bonchev–Trinajstić information content (AvgIpc) is 3.16. The van der Waals surface area contributed by atoms with Gasteiger partial charge in [0.2, 0.25) is 0 Å². The van der Waals surface area contributed by atoms with Crippen molar-refractivity contribution in [3.05, 3.63) is 146 Å². The fraction of sp³-hybridized carbons (Fsp3) is 0. The number of rotatable bonds is 0. The zero-order chi connectivity index (χ0) is 24.4. The molecule has 0 atom stereocenters. The summed E-state index contributed by atoms with van der Waals surface area (Å²) >= 11 is 0. The summed E-state index contributed by atoms with van der Waals surface area (Å²) in [5.41, 5.74) is 10.7. The highest BCUT2D eigenvalue weighted by molar-refractivity contribution is 7.22. The van der Waals surface area contributed by atoms with Crippen LogP contribution in [0.1, 0.15) is 0 Å². The van der Waals surface area contributed by atoms with E-state index < -0.39 is 8.07 Å². The molecule has 2 heterocycles. The molecular formula is C36H24Si. The van der Waals surface area contributed by atoms with Gasteiger partial charge in [0.25, 0.3) is 0 Å². The summed E-state index contributed by atoms with van der Waals surface area (Å²) < 4.78 is 0. The molecule has 172 valence electrons. The van der Waals surface area contributed by atoms with E-state index in [0.29, 0.717) is 0 Å². The number of hydrogen-bond donors (Lipinski definition) is 0. The lowest BCUT2D eigenvalue weighted by atomic mass is 9.95. The molecule has 0 bridgehead atoms. The predicted molar refractivity (Wildman–Crippen MR) is 159 cm³/mol. The second kappa shape index (κ2) is 7.77. The van der Waals surface area contributed by atoms with Crippen LogP contribution in [0, 0.1) is 0 Å². The van der Waals surface area contributed by atoms with Crippen molar-refractivity contribution in [2.75, 3.05) is 0 Å². The molecule has 6 aromatic rings. The summed E-state index contributed by atoms with van der Waals surface area (Å²) in [6.45, 7) is 0. The van der Waals surface area contributed by atoms with E-state index in [1.54, 1.807) is 0 Å². The highest BCUT2D eigenvalue weighted by Crippen LogP contribution is 2.40. The van der Waals surface area contributed by atoms with Crippen LogP contribution in [0.15, 0.2) is 146 Å². The third-order valence-electron chi connectivity index (χ3n) is 8.34. The summed E-state index contributed by atoms with van der Waals surface area (Å²) in [5, 5.41) is 5.89. The van der Waals surface area contributed by atoms with Crippen molar-refractivity contribution in [2.24, 2.45) is 0 Å². The minimum absolute atomic E-state index is 1.33. The Balaban J connectivity index is 1.69. The molecule has 0 aliphatic carbocycles. The van der Waals surface area contributed by atoms with Crippen LogP contribution in [0.5, 0.6) is 0 Å². The van der Waals surface area contributed by atoms with Gasteiger partial charge >= 0.3 is 0 Å². The summed E-state index contributed by atoms with van der Waals surface area (Å²) in [7, 11) is -2.75. The van der Waals surface area contributed by atoms with Crippen molar-refractivity contribution < 1.29 is 0 Å². The molecule has 1 heteroatoms. The number of fused-ring (bicyclic) bond motifs is 14. The molecule has 6 aromatic carbocycles. The molecule has 0 radical (unpaired) electrons. The fourth-order valence-electron chi connectivity index (χ4n) is 6.96.